The van der Waals surface area contributed by atoms with E-state index < -0.39 is 17.6 Å². The fraction of sp³-hybridized carbons (Fsp3) is 0.462. The number of hydrogen-bond donors (Lipinski definition) is 2. The van der Waals surface area contributed by atoms with E-state index in [-0.39, 0.29) is 11.6 Å². The molecule has 1 saturated heterocycles. The van der Waals surface area contributed by atoms with Gasteiger partial charge in [-0.2, -0.15) is 0 Å². The number of hydrogen-bond acceptors (Lipinski definition) is 9. The topological polar surface area (TPSA) is 97.3 Å². The standard InChI is InChI=1S/C39H51FN5O4P/c1-6-31(48-24-12-23-45(7-2)8-3)33(47-9-4)18-16-28-26(5)41-21-19-32(28)49-34-17-15-27(25-35(34)50)36-37(46)39(20-22-42-39)38(44-36)43-30-14-11-10-13-29(30)40/h6,10-11,13,15,17-19,21,25,30,36,42H,7-9,12,14,16,20,22-24,50H2,1-5H3,(H,43,44)/b31-6+,33-18+. The van der Waals surface area contributed by atoms with E-state index in [4.69, 9.17) is 19.2 Å². The van der Waals surface area contributed by atoms with Crippen LogP contribution in [0, 0.1) is 6.92 Å². The fourth-order valence-electron chi connectivity index (χ4n) is 6.47. The number of nitrogens with one attached hydrogen (secondary N) is 2. The number of ketones is 1. The first-order chi connectivity index (χ1) is 24.2. The summed E-state index contributed by atoms with van der Waals surface area (Å²) in [6, 6.07) is 6.29. The zero-order valence-electron chi connectivity index (χ0n) is 29.9. The average Bonchev–Trinajstić information content (AvgIpc) is 3.39. The maximum Gasteiger partial charge on any atom is 0.189 e. The van der Waals surface area contributed by atoms with Crippen LogP contribution in [0.5, 0.6) is 11.5 Å². The van der Waals surface area contributed by atoms with Gasteiger partial charge in [0.1, 0.15) is 34.7 Å². The molecule has 11 heteroatoms. The maximum atomic E-state index is 14.5. The van der Waals surface area contributed by atoms with Crippen LogP contribution in [-0.4, -0.2) is 72.5 Å². The highest BCUT2D eigenvalue weighted by Gasteiger charge is 2.56. The molecule has 0 amide bonds. The van der Waals surface area contributed by atoms with E-state index in [9.17, 15) is 9.18 Å². The van der Waals surface area contributed by atoms with Crippen LogP contribution in [0.15, 0.2) is 83.2 Å². The van der Waals surface area contributed by atoms with Crippen molar-refractivity contribution in [2.24, 2.45) is 4.99 Å². The van der Waals surface area contributed by atoms with Crippen LogP contribution < -0.4 is 20.7 Å². The van der Waals surface area contributed by atoms with Crippen LogP contribution in [0.2, 0.25) is 0 Å². The quantitative estimate of drug-likeness (QED) is 0.0908. The van der Waals surface area contributed by atoms with Gasteiger partial charge >= 0.3 is 0 Å². The van der Waals surface area contributed by atoms with Crippen molar-refractivity contribution >= 4 is 26.2 Å². The molecule has 0 saturated carbocycles. The van der Waals surface area contributed by atoms with Crippen LogP contribution in [0.4, 0.5) is 4.39 Å². The monoisotopic (exact) mass is 703 g/mol. The van der Waals surface area contributed by atoms with Crippen molar-refractivity contribution in [2.45, 2.75) is 77.9 Å². The largest absolute Gasteiger partial charge is 0.490 e. The SMILES string of the molecule is C/C=C(OCCCN(CC)CC)\C(=C/Cc1c(Oc2ccc(C3N=C(NC4CC=CC=C4F)C4(CCN4)C3=O)cc2P)ccnc1C)OCC. The van der Waals surface area contributed by atoms with Gasteiger partial charge in [-0.05, 0) is 108 Å². The molecule has 0 radical (unpaired) electrons. The number of allylic oxidation sites excluding steroid dienone is 4. The Morgan fingerprint density at radius 1 is 1.18 bits per heavy atom. The van der Waals surface area contributed by atoms with E-state index in [0.29, 0.717) is 62.1 Å². The molecule has 3 heterocycles. The van der Waals surface area contributed by atoms with Crippen molar-refractivity contribution in [1.82, 2.24) is 20.5 Å². The summed E-state index contributed by atoms with van der Waals surface area (Å²) in [7, 11) is 2.73. The zero-order chi connectivity index (χ0) is 35.7. The molecule has 1 aromatic carbocycles. The molecular weight excluding hydrogens is 652 g/mol. The molecule has 2 aliphatic heterocycles. The number of aryl methyl sites for hydroxylation is 1. The van der Waals surface area contributed by atoms with Gasteiger partial charge in [0, 0.05) is 29.3 Å². The number of carbonyl (C=O) groups excluding carboxylic acids is 1. The molecule has 50 heavy (non-hydrogen) atoms. The Morgan fingerprint density at radius 2 is 1.98 bits per heavy atom. The minimum atomic E-state index is -0.900. The summed E-state index contributed by atoms with van der Waals surface area (Å²) in [6.45, 7) is 15.1. The van der Waals surface area contributed by atoms with Gasteiger partial charge in [-0.15, -0.1) is 9.24 Å². The number of halogens is 1. The van der Waals surface area contributed by atoms with Gasteiger partial charge in [0.15, 0.2) is 17.3 Å². The van der Waals surface area contributed by atoms with Crippen molar-refractivity contribution in [3.05, 3.63) is 95.0 Å². The van der Waals surface area contributed by atoms with Gasteiger partial charge in [0.05, 0.1) is 19.3 Å². The molecule has 1 aromatic heterocycles. The summed E-state index contributed by atoms with van der Waals surface area (Å²) in [4.78, 5) is 25.5. The third-order valence-corrected chi connectivity index (χ3v) is 9.98. The molecule has 9 nitrogen and oxygen atoms in total. The third kappa shape index (κ3) is 8.36. The highest BCUT2D eigenvalue weighted by molar-refractivity contribution is 7.27. The van der Waals surface area contributed by atoms with E-state index in [1.54, 1.807) is 12.3 Å². The first-order valence-corrected chi connectivity index (χ1v) is 18.3. The lowest BCUT2D eigenvalue weighted by molar-refractivity contribution is -0.125. The highest BCUT2D eigenvalue weighted by Crippen LogP contribution is 2.38. The van der Waals surface area contributed by atoms with E-state index in [1.165, 1.54) is 6.08 Å². The third-order valence-electron chi connectivity index (χ3n) is 9.53. The maximum absolute atomic E-state index is 14.5. The summed E-state index contributed by atoms with van der Waals surface area (Å²) in [6.07, 6.45) is 13.3. The van der Waals surface area contributed by atoms with Crippen LogP contribution in [-0.2, 0) is 20.7 Å². The zero-order valence-corrected chi connectivity index (χ0v) is 31.1. The number of ether oxygens (including phenoxy) is 3. The van der Waals surface area contributed by atoms with E-state index in [2.05, 4.69) is 43.6 Å². The van der Waals surface area contributed by atoms with Crippen molar-refractivity contribution in [3.8, 4) is 11.5 Å². The van der Waals surface area contributed by atoms with Gasteiger partial charge < -0.3 is 24.4 Å². The van der Waals surface area contributed by atoms with Crippen LogP contribution >= 0.6 is 9.24 Å². The molecular formula is C39H51FN5O4P. The summed E-state index contributed by atoms with van der Waals surface area (Å²) in [5.74, 6) is 2.94. The fourth-order valence-corrected chi connectivity index (χ4v) is 6.82. The molecule has 1 spiro atoms. The van der Waals surface area contributed by atoms with Crippen molar-refractivity contribution in [3.63, 3.8) is 0 Å². The van der Waals surface area contributed by atoms with Gasteiger partial charge in [-0.1, -0.05) is 32.1 Å². The summed E-state index contributed by atoms with van der Waals surface area (Å²) >= 11 is 0. The molecule has 1 aliphatic carbocycles. The Kier molecular flexibility index (Phi) is 13.0. The van der Waals surface area contributed by atoms with Crippen LogP contribution in [0.1, 0.15) is 69.8 Å². The average molecular weight is 704 g/mol. The molecule has 3 aliphatic rings. The Bertz CT molecular complexity index is 1680. The Balaban J connectivity index is 1.31. The minimum Gasteiger partial charge on any atom is -0.490 e. The molecule has 268 valence electrons. The lowest BCUT2D eigenvalue weighted by Crippen LogP contribution is -2.69. The number of Topliss-reactive ketones (excluding diaryl/α,β-unsaturated/α-hetero) is 1. The number of carbonyl (C=O) groups is 1. The molecule has 4 unspecified atom stereocenters. The number of pyridine rings is 1. The predicted octanol–water partition coefficient (Wildman–Crippen LogP) is 6.32. The van der Waals surface area contributed by atoms with Gasteiger partial charge in [0.25, 0.3) is 0 Å². The number of nitrogens with zero attached hydrogens (tertiary/aromatic N) is 3. The van der Waals surface area contributed by atoms with Crippen molar-refractivity contribution in [2.75, 3.05) is 39.4 Å². The lowest BCUT2D eigenvalue weighted by atomic mass is 9.80. The summed E-state index contributed by atoms with van der Waals surface area (Å²) in [5.41, 5.74) is 1.63. The highest BCUT2D eigenvalue weighted by atomic mass is 31.0. The number of rotatable bonds is 16. The van der Waals surface area contributed by atoms with E-state index >= 15 is 0 Å². The second kappa shape index (κ2) is 17.4. The second-order valence-electron chi connectivity index (χ2n) is 12.6. The lowest BCUT2D eigenvalue weighted by Gasteiger charge is -2.40. The Morgan fingerprint density at radius 3 is 2.64 bits per heavy atom. The van der Waals surface area contributed by atoms with Crippen molar-refractivity contribution in [1.29, 1.82) is 0 Å². The number of benzene rings is 1. The van der Waals surface area contributed by atoms with Crippen LogP contribution in [0.3, 0.4) is 0 Å². The number of aromatic nitrogens is 1. The molecule has 4 atom stereocenters. The van der Waals surface area contributed by atoms with Gasteiger partial charge in [-0.3, -0.25) is 20.1 Å². The van der Waals surface area contributed by atoms with E-state index in [1.807, 2.05) is 63.3 Å². The first kappa shape index (κ1) is 37.4. The number of amidine groups is 1. The Labute approximate surface area is 298 Å². The molecule has 1 fully saturated rings. The molecule has 2 N–H and O–H groups in total. The van der Waals surface area contributed by atoms with Gasteiger partial charge in [0.2, 0.25) is 0 Å². The summed E-state index contributed by atoms with van der Waals surface area (Å²) < 4.78 is 33.2. The van der Waals surface area contributed by atoms with Gasteiger partial charge in [-0.25, -0.2) is 4.39 Å². The molecule has 5 rings (SSSR count). The predicted molar refractivity (Wildman–Crippen MR) is 201 cm³/mol. The smallest absolute Gasteiger partial charge is 0.189 e. The minimum absolute atomic E-state index is 0.0302. The normalized spacial score (nSPS) is 22.0. The molecule has 0 bridgehead atoms. The van der Waals surface area contributed by atoms with Crippen molar-refractivity contribution < 1.29 is 23.4 Å². The summed E-state index contributed by atoms with van der Waals surface area (Å²) in [5, 5.41) is 7.30. The van der Waals surface area contributed by atoms with Crippen LogP contribution in [0.25, 0.3) is 0 Å². The Hall–Kier alpha value is -3.85. The second-order valence-corrected chi connectivity index (χ2v) is 13.2. The molecule has 2 aromatic rings. The van der Waals surface area contributed by atoms with E-state index in [0.717, 1.165) is 53.9 Å². The first-order valence-electron chi connectivity index (χ1n) is 17.8. The number of aliphatic imine (C=N–C) groups is 1.